The first kappa shape index (κ1) is 19.7. The number of rotatable bonds is 4. The van der Waals surface area contributed by atoms with E-state index in [0.29, 0.717) is 11.8 Å². The van der Waals surface area contributed by atoms with Crippen LogP contribution in [0.5, 0.6) is 5.75 Å². The van der Waals surface area contributed by atoms with Crippen molar-refractivity contribution in [3.63, 3.8) is 0 Å². The number of phenols is 1. The van der Waals surface area contributed by atoms with Crippen molar-refractivity contribution in [1.82, 2.24) is 0 Å². The monoisotopic (exact) mass is 368 g/mol. The average molecular weight is 369 g/mol. The maximum atomic E-state index is 12.6. The summed E-state index contributed by atoms with van der Waals surface area (Å²) in [6, 6.07) is 6.77. The Balaban J connectivity index is 1.78. The molecule has 1 N–H and O–H groups in total. The van der Waals surface area contributed by atoms with Gasteiger partial charge in [0.15, 0.2) is 0 Å². The van der Waals surface area contributed by atoms with E-state index < -0.39 is 0 Å². The first-order chi connectivity index (χ1) is 12.8. The average Bonchev–Trinajstić information content (AvgIpc) is 2.60. The van der Waals surface area contributed by atoms with Crippen LogP contribution in [-0.4, -0.2) is 17.2 Å². The molecule has 27 heavy (non-hydrogen) atoms. The van der Waals surface area contributed by atoms with Crippen LogP contribution in [0.1, 0.15) is 58.4 Å². The predicted octanol–water partition coefficient (Wildman–Crippen LogP) is 5.75. The van der Waals surface area contributed by atoms with E-state index in [4.69, 9.17) is 4.74 Å². The van der Waals surface area contributed by atoms with E-state index in [2.05, 4.69) is 27.4 Å². The second-order valence-electron chi connectivity index (χ2n) is 8.92. The number of fused-ring (bicyclic) bond motifs is 1. The Kier molecular flexibility index (Phi) is 5.78. The van der Waals surface area contributed by atoms with Gasteiger partial charge in [-0.25, -0.2) is 4.79 Å². The summed E-state index contributed by atoms with van der Waals surface area (Å²) in [6.45, 7) is 11.2. The minimum atomic E-state index is -0.290. The lowest BCUT2D eigenvalue weighted by Gasteiger charge is -2.53. The van der Waals surface area contributed by atoms with Crippen LogP contribution in [0.4, 0.5) is 0 Å². The lowest BCUT2D eigenvalue weighted by Crippen LogP contribution is -2.50. The third-order valence-electron chi connectivity index (χ3n) is 6.65. The van der Waals surface area contributed by atoms with Crippen molar-refractivity contribution in [3.8, 4) is 5.75 Å². The highest BCUT2D eigenvalue weighted by molar-refractivity contribution is 5.87. The van der Waals surface area contributed by atoms with Crippen LogP contribution in [-0.2, 0) is 9.53 Å². The Morgan fingerprint density at radius 2 is 2.00 bits per heavy atom. The summed E-state index contributed by atoms with van der Waals surface area (Å²) in [5.74, 6) is 1.04. The maximum absolute atomic E-state index is 12.6. The molecule has 0 heterocycles. The SMILES string of the molecule is C=C1CCC[C@]2(C)CC[C@@H](C(C)C)[C@H](OC(=O)C=Cc3ccc(O)cc3)[C@@H]12. The number of hydrogen-bond acceptors (Lipinski definition) is 3. The highest BCUT2D eigenvalue weighted by Gasteiger charge is 2.51. The van der Waals surface area contributed by atoms with Crippen molar-refractivity contribution >= 4 is 12.0 Å². The molecule has 2 fully saturated rings. The van der Waals surface area contributed by atoms with Crippen molar-refractivity contribution in [1.29, 1.82) is 0 Å². The molecule has 0 saturated heterocycles. The van der Waals surface area contributed by atoms with Crippen LogP contribution in [0, 0.1) is 23.2 Å². The van der Waals surface area contributed by atoms with Crippen molar-refractivity contribution in [3.05, 3.63) is 48.1 Å². The summed E-state index contributed by atoms with van der Waals surface area (Å²) in [7, 11) is 0. The van der Waals surface area contributed by atoms with Crippen LogP contribution in [0.15, 0.2) is 42.5 Å². The summed E-state index contributed by atoms with van der Waals surface area (Å²) in [5, 5.41) is 9.37. The molecule has 0 bridgehead atoms. The van der Waals surface area contributed by atoms with Gasteiger partial charge in [0, 0.05) is 12.0 Å². The zero-order chi connectivity index (χ0) is 19.6. The normalized spacial score (nSPS) is 31.1. The Bertz CT molecular complexity index is 716. The van der Waals surface area contributed by atoms with E-state index in [-0.39, 0.29) is 29.2 Å². The van der Waals surface area contributed by atoms with E-state index in [1.165, 1.54) is 30.9 Å². The topological polar surface area (TPSA) is 46.5 Å². The number of phenolic OH excluding ortho intramolecular Hbond substituents is 1. The van der Waals surface area contributed by atoms with E-state index in [1.54, 1.807) is 30.3 Å². The van der Waals surface area contributed by atoms with Gasteiger partial charge >= 0.3 is 5.97 Å². The number of carbonyl (C=O) groups is 1. The lowest BCUT2D eigenvalue weighted by molar-refractivity contribution is -0.159. The molecule has 2 saturated carbocycles. The number of hydrogen-bond donors (Lipinski definition) is 1. The summed E-state index contributed by atoms with van der Waals surface area (Å²) in [5.41, 5.74) is 2.32. The van der Waals surface area contributed by atoms with Gasteiger partial charge in [-0.05, 0) is 73.1 Å². The van der Waals surface area contributed by atoms with Gasteiger partial charge in [-0.15, -0.1) is 0 Å². The van der Waals surface area contributed by atoms with Crippen LogP contribution in [0.2, 0.25) is 0 Å². The molecule has 1 aromatic carbocycles. The molecule has 3 rings (SSSR count). The van der Waals surface area contributed by atoms with Crippen molar-refractivity contribution < 1.29 is 14.6 Å². The molecule has 2 aliphatic carbocycles. The van der Waals surface area contributed by atoms with Gasteiger partial charge in [-0.2, -0.15) is 0 Å². The fraction of sp³-hybridized carbons (Fsp3) is 0.542. The Labute approximate surface area is 163 Å². The molecule has 0 amide bonds. The molecule has 0 radical (unpaired) electrons. The molecule has 0 unspecified atom stereocenters. The van der Waals surface area contributed by atoms with E-state index in [1.807, 2.05) is 0 Å². The Hall–Kier alpha value is -2.03. The van der Waals surface area contributed by atoms with Gasteiger partial charge in [0.1, 0.15) is 11.9 Å². The quantitative estimate of drug-likeness (QED) is 0.418. The second kappa shape index (κ2) is 7.92. The fourth-order valence-corrected chi connectivity index (χ4v) is 5.13. The van der Waals surface area contributed by atoms with Crippen molar-refractivity contribution in [2.45, 2.75) is 59.0 Å². The molecular formula is C24H32O3. The maximum Gasteiger partial charge on any atom is 0.331 e. The van der Waals surface area contributed by atoms with Gasteiger partial charge in [0.2, 0.25) is 0 Å². The zero-order valence-electron chi connectivity index (χ0n) is 16.8. The number of aromatic hydroxyl groups is 1. The van der Waals surface area contributed by atoms with E-state index >= 15 is 0 Å². The third kappa shape index (κ3) is 4.28. The van der Waals surface area contributed by atoms with Crippen LogP contribution in [0.3, 0.4) is 0 Å². The first-order valence-corrected chi connectivity index (χ1v) is 10.2. The largest absolute Gasteiger partial charge is 0.508 e. The standard InChI is InChI=1S/C24H32O3/c1-16(2)20-13-15-24(4)14-5-6-17(3)22(24)23(20)27-21(26)12-9-18-7-10-19(25)11-8-18/h7-12,16,20,22-23,25H,3,5-6,13-15H2,1-2,4H3/t20-,22+,23-,24+/m0/s1. The van der Waals surface area contributed by atoms with Crippen LogP contribution >= 0.6 is 0 Å². The molecule has 3 nitrogen and oxygen atoms in total. The Morgan fingerprint density at radius 1 is 1.30 bits per heavy atom. The number of esters is 1. The summed E-state index contributed by atoms with van der Waals surface area (Å²) >= 11 is 0. The Morgan fingerprint density at radius 3 is 2.67 bits per heavy atom. The lowest BCUT2D eigenvalue weighted by atomic mass is 9.54. The van der Waals surface area contributed by atoms with Crippen LogP contribution < -0.4 is 0 Å². The molecule has 0 aromatic heterocycles. The number of carbonyl (C=O) groups excluding carboxylic acids is 1. The summed E-state index contributed by atoms with van der Waals surface area (Å²) < 4.78 is 6.08. The van der Waals surface area contributed by atoms with Gasteiger partial charge in [0.05, 0.1) is 0 Å². The molecule has 1 aromatic rings. The van der Waals surface area contributed by atoms with Crippen molar-refractivity contribution in [2.75, 3.05) is 0 Å². The predicted molar refractivity (Wildman–Crippen MR) is 109 cm³/mol. The molecule has 4 atom stereocenters. The van der Waals surface area contributed by atoms with Crippen LogP contribution in [0.25, 0.3) is 6.08 Å². The molecule has 2 aliphatic rings. The first-order valence-electron chi connectivity index (χ1n) is 10.2. The third-order valence-corrected chi connectivity index (χ3v) is 6.65. The second-order valence-corrected chi connectivity index (χ2v) is 8.92. The smallest absolute Gasteiger partial charge is 0.331 e. The molecule has 0 spiro atoms. The molecule has 3 heteroatoms. The molecule has 146 valence electrons. The van der Waals surface area contributed by atoms with Gasteiger partial charge in [0.25, 0.3) is 0 Å². The minimum absolute atomic E-state index is 0.0893. The number of benzene rings is 1. The number of ether oxygens (including phenoxy) is 1. The summed E-state index contributed by atoms with van der Waals surface area (Å²) in [4.78, 5) is 12.6. The van der Waals surface area contributed by atoms with E-state index in [0.717, 1.165) is 18.4 Å². The van der Waals surface area contributed by atoms with Crippen molar-refractivity contribution in [2.24, 2.45) is 23.2 Å². The highest BCUT2D eigenvalue weighted by atomic mass is 16.5. The summed E-state index contributed by atoms with van der Waals surface area (Å²) in [6.07, 6.45) is 8.88. The zero-order valence-corrected chi connectivity index (χ0v) is 16.8. The van der Waals surface area contributed by atoms with Gasteiger partial charge < -0.3 is 9.84 Å². The van der Waals surface area contributed by atoms with Gasteiger partial charge in [-0.3, -0.25) is 0 Å². The van der Waals surface area contributed by atoms with Gasteiger partial charge in [-0.1, -0.05) is 45.1 Å². The minimum Gasteiger partial charge on any atom is -0.508 e. The highest BCUT2D eigenvalue weighted by Crippen LogP contribution is 2.55. The van der Waals surface area contributed by atoms with E-state index in [9.17, 15) is 9.90 Å². The fourth-order valence-electron chi connectivity index (χ4n) is 5.13. The molecular weight excluding hydrogens is 336 g/mol. The molecule has 0 aliphatic heterocycles.